The lowest BCUT2D eigenvalue weighted by atomic mass is 10.0. The van der Waals surface area contributed by atoms with E-state index < -0.39 is 5.91 Å². The lowest BCUT2D eigenvalue weighted by Gasteiger charge is -2.05. The van der Waals surface area contributed by atoms with Crippen LogP contribution in [0.4, 0.5) is 5.82 Å². The van der Waals surface area contributed by atoms with Gasteiger partial charge in [0.25, 0.3) is 0 Å². The minimum absolute atomic E-state index is 0.00661. The predicted octanol–water partition coefficient (Wildman–Crippen LogP) is 2.13. The number of nitrogens with two attached hydrogens (primary N) is 1. The topological polar surface area (TPSA) is 102 Å². The molecule has 0 radical (unpaired) electrons. The monoisotopic (exact) mass is 308 g/mol. The van der Waals surface area contributed by atoms with Gasteiger partial charge < -0.3 is 5.73 Å². The third-order valence-corrected chi connectivity index (χ3v) is 4.15. The minimum atomic E-state index is -0.390. The number of nitriles is 1. The lowest BCUT2D eigenvalue weighted by Crippen LogP contribution is -2.16. The molecule has 1 aromatic heterocycles. The number of ketones is 1. The van der Waals surface area contributed by atoms with Crippen LogP contribution >= 0.6 is 0 Å². The number of aromatic nitrogens is 2. The summed E-state index contributed by atoms with van der Waals surface area (Å²) in [6.07, 6.45) is 4.56. The van der Waals surface area contributed by atoms with Gasteiger partial charge in [-0.3, -0.25) is 9.59 Å². The van der Waals surface area contributed by atoms with Gasteiger partial charge in [-0.25, -0.2) is 0 Å². The number of carbonyl (C=O) groups is 2. The molecule has 0 aliphatic heterocycles. The average molecular weight is 308 g/mol. The van der Waals surface area contributed by atoms with E-state index in [4.69, 9.17) is 11.0 Å². The number of Topliss-reactive ketones (excluding diaryl/α,β-unsaturated/α-hetero) is 1. The molecule has 23 heavy (non-hydrogen) atoms. The highest BCUT2D eigenvalue weighted by atomic mass is 16.2. The SMILES string of the molecule is N#Cc1cnn(C(=O)CCC(=O)c2ccc3c(c2)CCC3)c1N. The molecule has 0 saturated carbocycles. The number of hydrogen-bond acceptors (Lipinski definition) is 5. The molecular weight excluding hydrogens is 292 g/mol. The van der Waals surface area contributed by atoms with Crippen LogP contribution in [0.25, 0.3) is 0 Å². The number of anilines is 1. The Morgan fingerprint density at radius 2 is 2.04 bits per heavy atom. The summed E-state index contributed by atoms with van der Waals surface area (Å²) in [5, 5.41) is 12.6. The number of carbonyl (C=O) groups excluding carboxylic acids is 2. The van der Waals surface area contributed by atoms with Gasteiger partial charge in [0.05, 0.1) is 6.20 Å². The van der Waals surface area contributed by atoms with Crippen LogP contribution in [-0.2, 0) is 12.8 Å². The van der Waals surface area contributed by atoms with Gasteiger partial charge in [0.1, 0.15) is 17.5 Å². The fraction of sp³-hybridized carbons (Fsp3) is 0.294. The molecule has 0 fully saturated rings. The number of aryl methyl sites for hydroxylation is 2. The van der Waals surface area contributed by atoms with Crippen molar-refractivity contribution in [3.8, 4) is 6.07 Å². The minimum Gasteiger partial charge on any atom is -0.382 e. The summed E-state index contributed by atoms with van der Waals surface area (Å²) >= 11 is 0. The third kappa shape index (κ3) is 2.86. The quantitative estimate of drug-likeness (QED) is 0.872. The van der Waals surface area contributed by atoms with E-state index in [2.05, 4.69) is 5.10 Å². The molecule has 0 amide bonds. The first-order chi connectivity index (χ1) is 11.1. The Labute approximate surface area is 133 Å². The fourth-order valence-electron chi connectivity index (χ4n) is 2.86. The molecule has 1 aromatic carbocycles. The van der Waals surface area contributed by atoms with Gasteiger partial charge in [-0.15, -0.1) is 0 Å². The second-order valence-corrected chi connectivity index (χ2v) is 5.62. The Bertz CT molecular complexity index is 830. The molecule has 2 aromatic rings. The first-order valence-electron chi connectivity index (χ1n) is 7.52. The Morgan fingerprint density at radius 3 is 2.78 bits per heavy atom. The van der Waals surface area contributed by atoms with Crippen molar-refractivity contribution in [2.24, 2.45) is 0 Å². The van der Waals surface area contributed by atoms with Crippen molar-refractivity contribution in [3.05, 3.63) is 46.6 Å². The van der Waals surface area contributed by atoms with Crippen LogP contribution in [0.3, 0.4) is 0 Å². The number of hydrogen-bond donors (Lipinski definition) is 1. The molecule has 0 bridgehead atoms. The fourth-order valence-corrected chi connectivity index (χ4v) is 2.86. The van der Waals surface area contributed by atoms with Gasteiger partial charge in [-0.2, -0.15) is 15.0 Å². The molecule has 3 rings (SSSR count). The summed E-state index contributed by atoms with van der Waals surface area (Å²) in [6.45, 7) is 0. The maximum absolute atomic E-state index is 12.3. The molecule has 0 unspecified atom stereocenters. The molecular formula is C17H16N4O2. The van der Waals surface area contributed by atoms with Crippen molar-refractivity contribution in [1.82, 2.24) is 9.78 Å². The van der Waals surface area contributed by atoms with Gasteiger partial charge in [0, 0.05) is 18.4 Å². The summed E-state index contributed by atoms with van der Waals surface area (Å²) in [5.74, 6) is -0.444. The van der Waals surface area contributed by atoms with Crippen LogP contribution in [-0.4, -0.2) is 21.5 Å². The Balaban J connectivity index is 1.66. The van der Waals surface area contributed by atoms with Crippen LogP contribution in [0, 0.1) is 11.3 Å². The Morgan fingerprint density at radius 1 is 1.26 bits per heavy atom. The maximum atomic E-state index is 12.3. The largest absolute Gasteiger partial charge is 0.382 e. The van der Waals surface area contributed by atoms with Crippen molar-refractivity contribution in [2.45, 2.75) is 32.1 Å². The van der Waals surface area contributed by atoms with E-state index in [0.29, 0.717) is 5.56 Å². The summed E-state index contributed by atoms with van der Waals surface area (Å²) in [5.41, 5.74) is 9.01. The predicted molar refractivity (Wildman–Crippen MR) is 84.0 cm³/mol. The van der Waals surface area contributed by atoms with Crippen LogP contribution in [0.1, 0.15) is 51.1 Å². The molecule has 1 aliphatic carbocycles. The zero-order valence-electron chi connectivity index (χ0n) is 12.6. The summed E-state index contributed by atoms with van der Waals surface area (Å²) in [4.78, 5) is 24.3. The van der Waals surface area contributed by atoms with Crippen LogP contribution in [0.2, 0.25) is 0 Å². The van der Waals surface area contributed by atoms with Gasteiger partial charge in [0.2, 0.25) is 5.91 Å². The molecule has 0 saturated heterocycles. The molecule has 0 atom stereocenters. The van der Waals surface area contributed by atoms with Crippen molar-refractivity contribution in [3.63, 3.8) is 0 Å². The molecule has 1 heterocycles. The second-order valence-electron chi connectivity index (χ2n) is 5.62. The number of nitrogen functional groups attached to an aromatic ring is 1. The van der Waals surface area contributed by atoms with Crippen molar-refractivity contribution >= 4 is 17.5 Å². The lowest BCUT2D eigenvalue weighted by molar-refractivity contribution is 0.0854. The first-order valence-corrected chi connectivity index (χ1v) is 7.52. The Kier molecular flexibility index (Phi) is 3.94. The highest BCUT2D eigenvalue weighted by Crippen LogP contribution is 2.23. The highest BCUT2D eigenvalue weighted by Gasteiger charge is 2.17. The van der Waals surface area contributed by atoms with Crippen LogP contribution in [0.15, 0.2) is 24.4 Å². The first kappa shape index (κ1) is 15.0. The van der Waals surface area contributed by atoms with E-state index in [-0.39, 0.29) is 30.0 Å². The van der Waals surface area contributed by atoms with E-state index in [9.17, 15) is 9.59 Å². The molecule has 6 heteroatoms. The smallest absolute Gasteiger partial charge is 0.249 e. The van der Waals surface area contributed by atoms with E-state index in [1.54, 1.807) is 0 Å². The van der Waals surface area contributed by atoms with E-state index in [1.165, 1.54) is 17.3 Å². The van der Waals surface area contributed by atoms with Crippen LogP contribution in [0.5, 0.6) is 0 Å². The van der Waals surface area contributed by atoms with E-state index in [1.807, 2.05) is 24.3 Å². The molecule has 2 N–H and O–H groups in total. The standard InChI is InChI=1S/C17H16N4O2/c18-9-14-10-20-21(17(14)19)16(23)7-6-15(22)13-5-4-11-2-1-3-12(11)8-13/h4-5,8,10H,1-3,6-7,19H2. The summed E-state index contributed by atoms with van der Waals surface area (Å²) in [6, 6.07) is 7.62. The summed E-state index contributed by atoms with van der Waals surface area (Å²) in [7, 11) is 0. The summed E-state index contributed by atoms with van der Waals surface area (Å²) < 4.78 is 0.981. The van der Waals surface area contributed by atoms with Gasteiger partial charge >= 0.3 is 0 Å². The number of fused-ring (bicyclic) bond motifs is 1. The second kappa shape index (κ2) is 6.05. The highest BCUT2D eigenvalue weighted by molar-refractivity contribution is 5.98. The normalized spacial score (nSPS) is 12.7. The average Bonchev–Trinajstić information content (AvgIpc) is 3.17. The number of rotatable bonds is 4. The number of benzene rings is 1. The van der Waals surface area contributed by atoms with Crippen molar-refractivity contribution in [1.29, 1.82) is 5.26 Å². The van der Waals surface area contributed by atoms with Crippen molar-refractivity contribution < 1.29 is 9.59 Å². The van der Waals surface area contributed by atoms with Gasteiger partial charge in [-0.1, -0.05) is 12.1 Å². The third-order valence-electron chi connectivity index (χ3n) is 4.15. The van der Waals surface area contributed by atoms with Gasteiger partial charge in [0.15, 0.2) is 5.78 Å². The van der Waals surface area contributed by atoms with Gasteiger partial charge in [-0.05, 0) is 36.5 Å². The zero-order chi connectivity index (χ0) is 16.4. The number of nitrogens with zero attached hydrogens (tertiary/aromatic N) is 3. The van der Waals surface area contributed by atoms with E-state index in [0.717, 1.165) is 23.9 Å². The van der Waals surface area contributed by atoms with Crippen molar-refractivity contribution in [2.75, 3.05) is 5.73 Å². The molecule has 116 valence electrons. The molecule has 6 nitrogen and oxygen atoms in total. The zero-order valence-corrected chi connectivity index (χ0v) is 12.6. The van der Waals surface area contributed by atoms with Crippen LogP contribution < -0.4 is 5.73 Å². The molecule has 0 spiro atoms. The van der Waals surface area contributed by atoms with E-state index >= 15 is 0 Å². The Hall–Kier alpha value is -2.94. The maximum Gasteiger partial charge on any atom is 0.249 e. The molecule has 1 aliphatic rings.